The summed E-state index contributed by atoms with van der Waals surface area (Å²) >= 11 is 0. The number of ether oxygens (including phenoxy) is 1. The van der Waals surface area contributed by atoms with Crippen molar-refractivity contribution in [1.82, 2.24) is 0 Å². The van der Waals surface area contributed by atoms with Gasteiger partial charge in [-0.3, -0.25) is 4.79 Å². The summed E-state index contributed by atoms with van der Waals surface area (Å²) in [6, 6.07) is 26.0. The number of hydrogen-bond acceptors (Lipinski definition) is 4. The number of amides is 1. The standard InChI is InChI=1S/C23H16N2O3/c24-16-19(22(26)25-20-9-5-2-6-10-20)15-17-11-13-21(14-12-17)28-23(27)18-7-3-1-4-8-18/h1-15H,(H,25,26)/b19-15+. The summed E-state index contributed by atoms with van der Waals surface area (Å²) in [7, 11) is 0. The summed E-state index contributed by atoms with van der Waals surface area (Å²) in [5.74, 6) is -0.574. The Labute approximate surface area is 162 Å². The van der Waals surface area contributed by atoms with E-state index in [4.69, 9.17) is 4.74 Å². The summed E-state index contributed by atoms with van der Waals surface area (Å²) in [5.41, 5.74) is 1.67. The number of carbonyl (C=O) groups is 2. The number of anilines is 1. The largest absolute Gasteiger partial charge is 0.423 e. The zero-order valence-corrected chi connectivity index (χ0v) is 14.8. The maximum absolute atomic E-state index is 12.2. The first kappa shape index (κ1) is 18.6. The lowest BCUT2D eigenvalue weighted by molar-refractivity contribution is -0.112. The number of nitrogens with zero attached hydrogens (tertiary/aromatic N) is 1. The van der Waals surface area contributed by atoms with Gasteiger partial charge < -0.3 is 10.1 Å². The first-order valence-electron chi connectivity index (χ1n) is 8.51. The van der Waals surface area contributed by atoms with E-state index in [2.05, 4.69) is 5.32 Å². The third-order valence-corrected chi connectivity index (χ3v) is 3.81. The molecule has 0 bridgehead atoms. The molecule has 3 aromatic rings. The Kier molecular flexibility index (Phi) is 5.96. The number of benzene rings is 3. The lowest BCUT2D eigenvalue weighted by Gasteiger charge is -2.05. The van der Waals surface area contributed by atoms with Crippen LogP contribution in [0.1, 0.15) is 15.9 Å². The van der Waals surface area contributed by atoms with Crippen LogP contribution in [0.4, 0.5) is 5.69 Å². The number of nitrogens with one attached hydrogen (secondary N) is 1. The molecular weight excluding hydrogens is 352 g/mol. The molecule has 1 amide bonds. The Bertz CT molecular complexity index is 1030. The van der Waals surface area contributed by atoms with Gasteiger partial charge in [0, 0.05) is 5.69 Å². The Balaban J connectivity index is 1.68. The summed E-state index contributed by atoms with van der Waals surface area (Å²) in [6.45, 7) is 0. The van der Waals surface area contributed by atoms with E-state index in [0.717, 1.165) is 0 Å². The van der Waals surface area contributed by atoms with E-state index in [-0.39, 0.29) is 5.57 Å². The SMILES string of the molecule is N#C/C(=C\c1ccc(OC(=O)c2ccccc2)cc1)C(=O)Nc1ccccc1. The molecule has 0 radical (unpaired) electrons. The number of rotatable bonds is 5. The molecule has 5 heteroatoms. The van der Waals surface area contributed by atoms with Crippen LogP contribution >= 0.6 is 0 Å². The lowest BCUT2D eigenvalue weighted by atomic mass is 10.1. The van der Waals surface area contributed by atoms with E-state index in [9.17, 15) is 14.9 Å². The molecule has 3 aromatic carbocycles. The van der Waals surface area contributed by atoms with Crippen LogP contribution in [-0.2, 0) is 4.79 Å². The van der Waals surface area contributed by atoms with E-state index in [1.807, 2.05) is 18.2 Å². The van der Waals surface area contributed by atoms with Gasteiger partial charge in [0.1, 0.15) is 17.4 Å². The fraction of sp³-hybridized carbons (Fsp3) is 0. The maximum atomic E-state index is 12.2. The van der Waals surface area contributed by atoms with Gasteiger partial charge in [-0.25, -0.2) is 4.79 Å². The molecule has 0 aliphatic rings. The quantitative estimate of drug-likeness (QED) is 0.312. The molecule has 28 heavy (non-hydrogen) atoms. The van der Waals surface area contributed by atoms with Crippen molar-refractivity contribution in [3.8, 4) is 11.8 Å². The van der Waals surface area contributed by atoms with Crippen molar-refractivity contribution in [2.45, 2.75) is 0 Å². The first-order valence-corrected chi connectivity index (χ1v) is 8.51. The van der Waals surface area contributed by atoms with Gasteiger partial charge in [0.2, 0.25) is 0 Å². The number of nitriles is 1. The van der Waals surface area contributed by atoms with Gasteiger partial charge in [-0.2, -0.15) is 5.26 Å². The Morgan fingerprint density at radius 3 is 2.07 bits per heavy atom. The minimum atomic E-state index is -0.492. The Morgan fingerprint density at radius 1 is 0.857 bits per heavy atom. The molecule has 0 atom stereocenters. The highest BCUT2D eigenvalue weighted by Gasteiger charge is 2.10. The molecule has 0 aliphatic carbocycles. The van der Waals surface area contributed by atoms with E-state index in [1.54, 1.807) is 72.8 Å². The molecule has 136 valence electrons. The van der Waals surface area contributed by atoms with Gasteiger partial charge in [0.15, 0.2) is 0 Å². The van der Waals surface area contributed by atoms with Gasteiger partial charge >= 0.3 is 5.97 Å². The maximum Gasteiger partial charge on any atom is 0.343 e. The number of hydrogen-bond donors (Lipinski definition) is 1. The molecule has 0 spiro atoms. The average Bonchev–Trinajstić information content (AvgIpc) is 2.74. The van der Waals surface area contributed by atoms with Crippen molar-refractivity contribution >= 4 is 23.6 Å². The third-order valence-electron chi connectivity index (χ3n) is 3.81. The molecule has 0 saturated heterocycles. The molecule has 0 saturated carbocycles. The van der Waals surface area contributed by atoms with Crippen LogP contribution in [0.25, 0.3) is 6.08 Å². The predicted molar refractivity (Wildman–Crippen MR) is 107 cm³/mol. The van der Waals surface area contributed by atoms with E-state index in [1.165, 1.54) is 6.08 Å². The van der Waals surface area contributed by atoms with Crippen molar-refractivity contribution in [2.24, 2.45) is 0 Å². The third kappa shape index (κ3) is 4.93. The fourth-order valence-electron chi connectivity index (χ4n) is 2.41. The van der Waals surface area contributed by atoms with E-state index < -0.39 is 11.9 Å². The van der Waals surface area contributed by atoms with Crippen LogP contribution in [0.2, 0.25) is 0 Å². The van der Waals surface area contributed by atoms with Crippen molar-refractivity contribution in [2.75, 3.05) is 5.32 Å². The van der Waals surface area contributed by atoms with Crippen LogP contribution in [0.15, 0.2) is 90.5 Å². The molecule has 0 aliphatic heterocycles. The Morgan fingerprint density at radius 2 is 1.46 bits per heavy atom. The molecule has 0 fully saturated rings. The van der Waals surface area contributed by atoms with Crippen LogP contribution in [0.3, 0.4) is 0 Å². The molecule has 3 rings (SSSR count). The van der Waals surface area contributed by atoms with Crippen molar-refractivity contribution in [3.63, 3.8) is 0 Å². The smallest absolute Gasteiger partial charge is 0.343 e. The lowest BCUT2D eigenvalue weighted by Crippen LogP contribution is -2.13. The molecule has 5 nitrogen and oxygen atoms in total. The molecule has 0 unspecified atom stereocenters. The van der Waals surface area contributed by atoms with E-state index in [0.29, 0.717) is 22.6 Å². The monoisotopic (exact) mass is 368 g/mol. The molecular formula is C23H16N2O3. The van der Waals surface area contributed by atoms with Gasteiger partial charge in [-0.15, -0.1) is 0 Å². The summed E-state index contributed by atoms with van der Waals surface area (Å²) in [6.07, 6.45) is 1.47. The van der Waals surface area contributed by atoms with Gasteiger partial charge in [-0.1, -0.05) is 48.5 Å². The number of esters is 1. The summed E-state index contributed by atoms with van der Waals surface area (Å²) in [4.78, 5) is 24.3. The van der Waals surface area contributed by atoms with Crippen LogP contribution in [0, 0.1) is 11.3 Å². The molecule has 0 aromatic heterocycles. The summed E-state index contributed by atoms with van der Waals surface area (Å²) < 4.78 is 5.31. The van der Waals surface area contributed by atoms with Crippen molar-refractivity contribution in [1.29, 1.82) is 5.26 Å². The van der Waals surface area contributed by atoms with Crippen molar-refractivity contribution in [3.05, 3.63) is 102 Å². The minimum absolute atomic E-state index is 0.0297. The first-order chi connectivity index (χ1) is 13.7. The molecule has 0 heterocycles. The van der Waals surface area contributed by atoms with Crippen LogP contribution in [0.5, 0.6) is 5.75 Å². The average molecular weight is 368 g/mol. The highest BCUT2D eigenvalue weighted by Crippen LogP contribution is 2.17. The second-order valence-corrected chi connectivity index (χ2v) is 5.81. The zero-order chi connectivity index (χ0) is 19.8. The van der Waals surface area contributed by atoms with Gasteiger partial charge in [-0.05, 0) is 48.0 Å². The topological polar surface area (TPSA) is 79.2 Å². The minimum Gasteiger partial charge on any atom is -0.423 e. The van der Waals surface area contributed by atoms with Gasteiger partial charge in [0.25, 0.3) is 5.91 Å². The fourth-order valence-corrected chi connectivity index (χ4v) is 2.41. The highest BCUT2D eigenvalue weighted by molar-refractivity contribution is 6.09. The van der Waals surface area contributed by atoms with Crippen LogP contribution < -0.4 is 10.1 Å². The zero-order valence-electron chi connectivity index (χ0n) is 14.8. The second-order valence-electron chi connectivity index (χ2n) is 5.81. The van der Waals surface area contributed by atoms with Crippen molar-refractivity contribution < 1.29 is 14.3 Å². The number of para-hydroxylation sites is 1. The normalized spacial score (nSPS) is 10.6. The predicted octanol–water partition coefficient (Wildman–Crippen LogP) is 4.45. The van der Waals surface area contributed by atoms with Gasteiger partial charge in [0.05, 0.1) is 5.56 Å². The second kappa shape index (κ2) is 8.97. The summed E-state index contributed by atoms with van der Waals surface area (Å²) in [5, 5.41) is 12.0. The number of carbonyl (C=O) groups excluding carboxylic acids is 2. The van der Waals surface area contributed by atoms with E-state index >= 15 is 0 Å². The van der Waals surface area contributed by atoms with Crippen LogP contribution in [-0.4, -0.2) is 11.9 Å². The molecule has 1 N–H and O–H groups in total. The highest BCUT2D eigenvalue weighted by atomic mass is 16.5. The Hall–Kier alpha value is -4.17.